The van der Waals surface area contributed by atoms with E-state index >= 15 is 0 Å². The number of hydrogen-bond acceptors (Lipinski definition) is 5. The highest BCUT2D eigenvalue weighted by molar-refractivity contribution is 7.92. The molecule has 1 aliphatic rings. The summed E-state index contributed by atoms with van der Waals surface area (Å²) in [7, 11) is -2.18. The molecule has 1 atom stereocenters. The molecule has 4 rings (SSSR count). The Bertz CT molecular complexity index is 1300. The summed E-state index contributed by atoms with van der Waals surface area (Å²) < 4.78 is 33.2. The fraction of sp³-hybridized carbons (Fsp3) is 0.321. The van der Waals surface area contributed by atoms with Crippen LogP contribution in [0.15, 0.2) is 71.5 Å². The molecule has 1 aromatic heterocycles. The molecular weight excluding hydrogens is 492 g/mol. The number of carbonyl (C=O) groups excluding carboxylic acids is 1. The average Bonchev–Trinajstić information content (AvgIpc) is 3.36. The lowest BCUT2D eigenvalue weighted by molar-refractivity contribution is -0.133. The number of ether oxygens (including phenoxy) is 1. The molecule has 0 spiro atoms. The van der Waals surface area contributed by atoms with E-state index in [4.69, 9.17) is 4.74 Å². The topological polar surface area (TPSA) is 66.9 Å². The number of benzene rings is 2. The molecule has 2 heterocycles. The molecule has 0 saturated carbocycles. The Morgan fingerprint density at radius 2 is 1.86 bits per heavy atom. The molecule has 1 aliphatic heterocycles. The molecule has 0 radical (unpaired) electrons. The van der Waals surface area contributed by atoms with Gasteiger partial charge in [-0.25, -0.2) is 8.42 Å². The molecule has 190 valence electrons. The van der Waals surface area contributed by atoms with Gasteiger partial charge in [0.2, 0.25) is 15.9 Å². The van der Waals surface area contributed by atoms with Gasteiger partial charge in [0.05, 0.1) is 19.7 Å². The van der Waals surface area contributed by atoms with E-state index in [9.17, 15) is 13.2 Å². The summed E-state index contributed by atoms with van der Waals surface area (Å²) in [5.74, 6) is 0.613. The van der Waals surface area contributed by atoms with Gasteiger partial charge < -0.3 is 9.64 Å². The summed E-state index contributed by atoms with van der Waals surface area (Å²) in [6, 6.07) is 18.8. The largest absolute Gasteiger partial charge is 0.497 e. The number of amides is 1. The third kappa shape index (κ3) is 6.06. The lowest BCUT2D eigenvalue weighted by atomic mass is 9.93. The highest BCUT2D eigenvalue weighted by atomic mass is 32.2. The standard InChI is InChI=1S/C28H32N2O4S2/c1-21(2)19-29(36(32,33)18-15-22-7-5-4-6-8-22)20-27(31)30-16-13-26-25(14-17-35-26)28(30)23-9-11-24(34-3)12-10-23/h4-12,14-15,17-18,21,28H,13,16,19-20H2,1-3H3. The number of rotatable bonds is 9. The predicted octanol–water partition coefficient (Wildman–Crippen LogP) is 5.19. The van der Waals surface area contributed by atoms with Crippen molar-refractivity contribution in [1.29, 1.82) is 0 Å². The van der Waals surface area contributed by atoms with Crippen LogP contribution in [-0.4, -0.2) is 50.3 Å². The number of sulfonamides is 1. The molecule has 6 nitrogen and oxygen atoms in total. The van der Waals surface area contributed by atoms with Gasteiger partial charge >= 0.3 is 0 Å². The van der Waals surface area contributed by atoms with Gasteiger partial charge in [0.15, 0.2) is 0 Å². The van der Waals surface area contributed by atoms with E-state index in [1.165, 1.54) is 14.6 Å². The molecule has 1 unspecified atom stereocenters. The third-order valence-electron chi connectivity index (χ3n) is 6.19. The second kappa shape index (κ2) is 11.4. The summed E-state index contributed by atoms with van der Waals surface area (Å²) in [5, 5.41) is 3.26. The van der Waals surface area contributed by atoms with Gasteiger partial charge in [-0.3, -0.25) is 4.79 Å². The Morgan fingerprint density at radius 3 is 2.53 bits per heavy atom. The van der Waals surface area contributed by atoms with Crippen molar-refractivity contribution in [1.82, 2.24) is 9.21 Å². The molecule has 0 N–H and O–H groups in total. The second-order valence-corrected chi connectivity index (χ2v) is 12.1. The molecule has 0 aliphatic carbocycles. The minimum absolute atomic E-state index is 0.0694. The Balaban J connectivity index is 1.61. The number of methoxy groups -OCH3 is 1. The van der Waals surface area contributed by atoms with E-state index in [0.717, 1.165) is 28.9 Å². The summed E-state index contributed by atoms with van der Waals surface area (Å²) in [6.07, 6.45) is 2.34. The number of carbonyl (C=O) groups is 1. The quantitative estimate of drug-likeness (QED) is 0.386. The summed E-state index contributed by atoms with van der Waals surface area (Å²) >= 11 is 1.70. The van der Waals surface area contributed by atoms with Crippen molar-refractivity contribution >= 4 is 33.3 Å². The van der Waals surface area contributed by atoms with Gasteiger partial charge in [-0.15, -0.1) is 11.3 Å². The zero-order chi connectivity index (χ0) is 25.7. The van der Waals surface area contributed by atoms with Crippen LogP contribution in [0.25, 0.3) is 6.08 Å². The molecule has 0 saturated heterocycles. The first-order chi connectivity index (χ1) is 17.3. The summed E-state index contributed by atoms with van der Waals surface area (Å²) in [4.78, 5) is 16.8. The van der Waals surface area contributed by atoms with Gasteiger partial charge in [0.25, 0.3) is 0 Å². The first kappa shape index (κ1) is 26.1. The van der Waals surface area contributed by atoms with E-state index in [1.807, 2.05) is 73.3 Å². The van der Waals surface area contributed by atoms with Crippen LogP contribution >= 0.6 is 11.3 Å². The molecule has 36 heavy (non-hydrogen) atoms. The Hall–Kier alpha value is -2.94. The number of hydrogen-bond donors (Lipinski definition) is 0. The first-order valence-electron chi connectivity index (χ1n) is 12.0. The lowest BCUT2D eigenvalue weighted by Gasteiger charge is -2.37. The van der Waals surface area contributed by atoms with Crippen LogP contribution in [-0.2, 0) is 21.2 Å². The third-order valence-corrected chi connectivity index (χ3v) is 8.66. The number of thiophene rings is 1. The van der Waals surface area contributed by atoms with Crippen molar-refractivity contribution in [3.05, 3.63) is 93.0 Å². The van der Waals surface area contributed by atoms with Crippen LogP contribution in [0.4, 0.5) is 0 Å². The molecule has 1 amide bonds. The van der Waals surface area contributed by atoms with Crippen molar-refractivity contribution in [2.45, 2.75) is 26.3 Å². The van der Waals surface area contributed by atoms with Crippen LogP contribution in [0.3, 0.4) is 0 Å². The summed E-state index contributed by atoms with van der Waals surface area (Å²) in [5.41, 5.74) is 2.87. The minimum atomic E-state index is -3.80. The fourth-order valence-corrected chi connectivity index (χ4v) is 6.65. The van der Waals surface area contributed by atoms with Crippen LogP contribution in [0, 0.1) is 5.92 Å². The van der Waals surface area contributed by atoms with Crippen LogP contribution < -0.4 is 4.74 Å². The smallest absolute Gasteiger partial charge is 0.238 e. The SMILES string of the molecule is COc1ccc(C2c3ccsc3CCN2C(=O)CN(CC(C)C)S(=O)(=O)C=Cc2ccccc2)cc1. The highest BCUT2D eigenvalue weighted by Crippen LogP contribution is 2.38. The van der Waals surface area contributed by atoms with Crippen LogP contribution in [0.1, 0.15) is 41.5 Å². The molecule has 8 heteroatoms. The average molecular weight is 525 g/mol. The Morgan fingerprint density at radius 1 is 1.14 bits per heavy atom. The predicted molar refractivity (Wildman–Crippen MR) is 145 cm³/mol. The summed E-state index contributed by atoms with van der Waals surface area (Å²) in [6.45, 7) is 4.50. The number of fused-ring (bicyclic) bond motifs is 1. The van der Waals surface area contributed by atoms with Crippen molar-refractivity contribution in [3.63, 3.8) is 0 Å². The number of nitrogens with zero attached hydrogens (tertiary/aromatic N) is 2. The van der Waals surface area contributed by atoms with Crippen LogP contribution in [0.5, 0.6) is 5.75 Å². The second-order valence-electron chi connectivity index (χ2n) is 9.26. The van der Waals surface area contributed by atoms with E-state index < -0.39 is 10.0 Å². The van der Waals surface area contributed by atoms with Gasteiger partial charge in [-0.2, -0.15) is 4.31 Å². The van der Waals surface area contributed by atoms with Crippen molar-refractivity contribution in [2.24, 2.45) is 5.92 Å². The van der Waals surface area contributed by atoms with Crippen molar-refractivity contribution in [2.75, 3.05) is 26.7 Å². The van der Waals surface area contributed by atoms with Crippen molar-refractivity contribution in [3.8, 4) is 5.75 Å². The maximum Gasteiger partial charge on any atom is 0.238 e. The zero-order valence-corrected chi connectivity index (χ0v) is 22.5. The van der Waals surface area contributed by atoms with Gasteiger partial charge in [-0.05, 0) is 58.7 Å². The molecule has 0 bridgehead atoms. The monoisotopic (exact) mass is 524 g/mol. The van der Waals surface area contributed by atoms with E-state index in [2.05, 4.69) is 11.4 Å². The van der Waals surface area contributed by atoms with Gasteiger partial charge in [0.1, 0.15) is 5.75 Å². The van der Waals surface area contributed by atoms with E-state index in [0.29, 0.717) is 6.54 Å². The first-order valence-corrected chi connectivity index (χ1v) is 14.4. The van der Waals surface area contributed by atoms with Gasteiger partial charge in [-0.1, -0.05) is 56.3 Å². The Kier molecular flexibility index (Phi) is 8.28. The molecular formula is C28H32N2O4S2. The maximum atomic E-state index is 13.7. The van der Waals surface area contributed by atoms with Gasteiger partial charge in [0, 0.05) is 23.4 Å². The molecule has 3 aromatic rings. The Labute approximate surface area is 217 Å². The van der Waals surface area contributed by atoms with Crippen molar-refractivity contribution < 1.29 is 17.9 Å². The highest BCUT2D eigenvalue weighted by Gasteiger charge is 2.35. The van der Waals surface area contributed by atoms with Crippen LogP contribution in [0.2, 0.25) is 0 Å². The molecule has 2 aromatic carbocycles. The normalized spacial score (nSPS) is 16.0. The van der Waals surface area contributed by atoms with E-state index in [-0.39, 0.29) is 31.0 Å². The lowest BCUT2D eigenvalue weighted by Crippen LogP contribution is -2.47. The van der Waals surface area contributed by atoms with E-state index in [1.54, 1.807) is 24.5 Å². The zero-order valence-electron chi connectivity index (χ0n) is 20.8. The molecule has 0 fully saturated rings. The fourth-order valence-electron chi connectivity index (χ4n) is 4.45. The maximum absolute atomic E-state index is 13.7. The minimum Gasteiger partial charge on any atom is -0.497 e.